The predicted octanol–water partition coefficient (Wildman–Crippen LogP) is 3.42. The third-order valence-electron chi connectivity index (χ3n) is 5.06. The molecule has 140 valence electrons. The normalized spacial score (nSPS) is 15.5. The van der Waals surface area contributed by atoms with E-state index in [2.05, 4.69) is 24.1 Å². The van der Waals surface area contributed by atoms with E-state index in [1.54, 1.807) is 12.3 Å². The van der Waals surface area contributed by atoms with Gasteiger partial charge in [-0.25, -0.2) is 4.79 Å². The number of carbonyl (C=O) groups excluding carboxylic acids is 1. The Bertz CT molecular complexity index is 832. The van der Waals surface area contributed by atoms with Gasteiger partial charge in [0.2, 0.25) is 5.91 Å². The van der Waals surface area contributed by atoms with Gasteiger partial charge in [-0.1, -0.05) is 20.3 Å². The van der Waals surface area contributed by atoms with Crippen molar-refractivity contribution in [2.24, 2.45) is 7.05 Å². The zero-order valence-electron chi connectivity index (χ0n) is 15.7. The Labute approximate surface area is 153 Å². The van der Waals surface area contributed by atoms with Crippen LogP contribution < -0.4 is 5.32 Å². The second-order valence-electron chi connectivity index (χ2n) is 7.46. The zero-order chi connectivity index (χ0) is 18.8. The van der Waals surface area contributed by atoms with Crippen LogP contribution in [0.5, 0.6) is 0 Å². The highest BCUT2D eigenvalue weighted by Gasteiger charge is 2.19. The number of anilines is 1. The summed E-state index contributed by atoms with van der Waals surface area (Å²) in [4.78, 5) is 26.2. The molecule has 6 nitrogen and oxygen atoms in total. The van der Waals surface area contributed by atoms with Crippen molar-refractivity contribution in [3.8, 4) is 0 Å². The first-order chi connectivity index (χ1) is 12.4. The Morgan fingerprint density at radius 2 is 1.88 bits per heavy atom. The number of aromatic nitrogens is 1. The fourth-order valence-electron chi connectivity index (χ4n) is 3.79. The number of carboxylic acids is 1. The van der Waals surface area contributed by atoms with Gasteiger partial charge in [0, 0.05) is 24.3 Å². The monoisotopic (exact) mass is 357 g/mol. The molecular formula is C20H27N3O3. The highest BCUT2D eigenvalue weighted by atomic mass is 16.4. The Morgan fingerprint density at radius 3 is 2.50 bits per heavy atom. The molecule has 0 radical (unpaired) electrons. The minimum Gasteiger partial charge on any atom is -0.478 e. The van der Waals surface area contributed by atoms with Gasteiger partial charge in [0.1, 0.15) is 0 Å². The summed E-state index contributed by atoms with van der Waals surface area (Å²) in [5, 5.41) is 13.1. The van der Waals surface area contributed by atoms with E-state index < -0.39 is 5.97 Å². The molecule has 1 amide bonds. The summed E-state index contributed by atoms with van der Waals surface area (Å²) in [6.45, 7) is 6.45. The molecule has 0 unspecified atom stereocenters. The van der Waals surface area contributed by atoms with Crippen LogP contribution in [-0.2, 0) is 11.8 Å². The minimum absolute atomic E-state index is 0.0474. The van der Waals surface area contributed by atoms with Gasteiger partial charge in [0.15, 0.2) is 0 Å². The van der Waals surface area contributed by atoms with Crippen LogP contribution in [0.15, 0.2) is 18.3 Å². The maximum Gasteiger partial charge on any atom is 0.337 e. The van der Waals surface area contributed by atoms with Crippen molar-refractivity contribution in [1.82, 2.24) is 9.47 Å². The van der Waals surface area contributed by atoms with E-state index in [1.165, 1.54) is 6.42 Å². The molecule has 2 aromatic rings. The molecule has 0 saturated carbocycles. The number of hydrogen-bond donors (Lipinski definition) is 2. The zero-order valence-corrected chi connectivity index (χ0v) is 15.7. The van der Waals surface area contributed by atoms with Crippen molar-refractivity contribution in [3.05, 3.63) is 29.5 Å². The van der Waals surface area contributed by atoms with Gasteiger partial charge in [-0.15, -0.1) is 0 Å². The van der Waals surface area contributed by atoms with Crippen LogP contribution in [0.2, 0.25) is 0 Å². The summed E-state index contributed by atoms with van der Waals surface area (Å²) < 4.78 is 1.85. The van der Waals surface area contributed by atoms with E-state index in [9.17, 15) is 14.7 Å². The second kappa shape index (κ2) is 7.50. The number of rotatable bonds is 5. The highest BCUT2D eigenvalue weighted by Crippen LogP contribution is 2.32. The first-order valence-electron chi connectivity index (χ1n) is 9.25. The Balaban J connectivity index is 1.91. The van der Waals surface area contributed by atoms with Crippen LogP contribution in [0.4, 0.5) is 5.69 Å². The molecule has 3 rings (SSSR count). The number of amides is 1. The average molecular weight is 357 g/mol. The lowest BCUT2D eigenvalue weighted by molar-refractivity contribution is -0.117. The Kier molecular flexibility index (Phi) is 5.32. The molecule has 2 N–H and O–H groups in total. The standard InChI is InChI=1S/C20H27N3O3/c1-13(2)15-9-14(21-18(24)12-23-7-5-4-6-8-23)10-16-17(20(25)26)11-22(3)19(15)16/h9-11,13H,4-8,12H2,1-3H3,(H,21,24)(H,25,26). The fourth-order valence-corrected chi connectivity index (χ4v) is 3.79. The molecule has 0 atom stereocenters. The summed E-state index contributed by atoms with van der Waals surface area (Å²) in [5.74, 6) is -0.789. The van der Waals surface area contributed by atoms with Gasteiger partial charge in [0.25, 0.3) is 0 Å². The van der Waals surface area contributed by atoms with E-state index in [0.717, 1.165) is 37.0 Å². The Hall–Kier alpha value is -2.34. The smallest absolute Gasteiger partial charge is 0.337 e. The molecule has 1 fully saturated rings. The molecule has 0 aliphatic carbocycles. The molecule has 0 spiro atoms. The van der Waals surface area contributed by atoms with Gasteiger partial charge in [-0.2, -0.15) is 0 Å². The number of carbonyl (C=O) groups is 2. The molecule has 6 heteroatoms. The summed E-state index contributed by atoms with van der Waals surface area (Å²) in [6, 6.07) is 3.74. The van der Waals surface area contributed by atoms with Crippen LogP contribution in [0.1, 0.15) is 54.9 Å². The molecule has 0 bridgehead atoms. The van der Waals surface area contributed by atoms with Crippen molar-refractivity contribution < 1.29 is 14.7 Å². The van der Waals surface area contributed by atoms with Crippen molar-refractivity contribution in [2.75, 3.05) is 25.0 Å². The maximum absolute atomic E-state index is 12.4. The third-order valence-corrected chi connectivity index (χ3v) is 5.06. The van der Waals surface area contributed by atoms with Crippen molar-refractivity contribution in [3.63, 3.8) is 0 Å². The van der Waals surface area contributed by atoms with Crippen LogP contribution in [0, 0.1) is 0 Å². The average Bonchev–Trinajstić information content (AvgIpc) is 2.92. The number of nitrogens with one attached hydrogen (secondary N) is 1. The maximum atomic E-state index is 12.4. The predicted molar refractivity (Wildman–Crippen MR) is 103 cm³/mol. The number of aromatic carboxylic acids is 1. The lowest BCUT2D eigenvalue weighted by Crippen LogP contribution is -2.36. The quantitative estimate of drug-likeness (QED) is 0.860. The summed E-state index contributed by atoms with van der Waals surface area (Å²) in [7, 11) is 1.86. The van der Waals surface area contributed by atoms with Crippen molar-refractivity contribution in [2.45, 2.75) is 39.0 Å². The number of nitrogens with zero attached hydrogens (tertiary/aromatic N) is 2. The summed E-state index contributed by atoms with van der Waals surface area (Å²) in [6.07, 6.45) is 5.15. The third kappa shape index (κ3) is 3.75. The molecule has 1 aliphatic heterocycles. The van der Waals surface area contributed by atoms with Crippen LogP contribution >= 0.6 is 0 Å². The minimum atomic E-state index is -0.956. The van der Waals surface area contributed by atoms with Crippen LogP contribution in [0.3, 0.4) is 0 Å². The largest absolute Gasteiger partial charge is 0.478 e. The number of hydrogen-bond acceptors (Lipinski definition) is 3. The number of aryl methyl sites for hydroxylation is 1. The number of carboxylic acid groups (broad SMARTS) is 1. The SMILES string of the molecule is CC(C)c1cc(NC(=O)CN2CCCCC2)cc2c(C(=O)O)cn(C)c12. The lowest BCUT2D eigenvalue weighted by atomic mass is 9.98. The lowest BCUT2D eigenvalue weighted by Gasteiger charge is -2.25. The van der Waals surface area contributed by atoms with Crippen molar-refractivity contribution >= 4 is 28.5 Å². The van der Waals surface area contributed by atoms with Gasteiger partial charge >= 0.3 is 5.97 Å². The molecular weight excluding hydrogens is 330 g/mol. The van der Waals surface area contributed by atoms with E-state index in [0.29, 0.717) is 17.6 Å². The van der Waals surface area contributed by atoms with E-state index >= 15 is 0 Å². The fraction of sp³-hybridized carbons (Fsp3) is 0.500. The van der Waals surface area contributed by atoms with Gasteiger partial charge < -0.3 is 15.0 Å². The first-order valence-corrected chi connectivity index (χ1v) is 9.25. The van der Waals surface area contributed by atoms with Crippen LogP contribution in [0.25, 0.3) is 10.9 Å². The highest BCUT2D eigenvalue weighted by molar-refractivity contribution is 6.06. The summed E-state index contributed by atoms with van der Waals surface area (Å²) >= 11 is 0. The van der Waals surface area contributed by atoms with E-state index in [1.807, 2.05) is 17.7 Å². The molecule has 26 heavy (non-hydrogen) atoms. The second-order valence-corrected chi connectivity index (χ2v) is 7.46. The number of fused-ring (bicyclic) bond motifs is 1. The van der Waals surface area contributed by atoms with Crippen molar-refractivity contribution in [1.29, 1.82) is 0 Å². The first kappa shape index (κ1) is 18.5. The molecule has 1 saturated heterocycles. The number of benzene rings is 1. The topological polar surface area (TPSA) is 74.6 Å². The molecule has 1 aromatic heterocycles. The summed E-state index contributed by atoms with van der Waals surface area (Å²) in [5.41, 5.74) is 2.87. The molecule has 1 aliphatic rings. The molecule has 1 aromatic carbocycles. The number of piperidine rings is 1. The van der Waals surface area contributed by atoms with E-state index in [-0.39, 0.29) is 17.4 Å². The van der Waals surface area contributed by atoms with E-state index in [4.69, 9.17) is 0 Å². The van der Waals surface area contributed by atoms with Gasteiger partial charge in [-0.05, 0) is 49.5 Å². The Morgan fingerprint density at radius 1 is 1.19 bits per heavy atom. The van der Waals surface area contributed by atoms with Crippen LogP contribution in [-0.4, -0.2) is 46.1 Å². The molecule has 2 heterocycles. The van der Waals surface area contributed by atoms with Gasteiger partial charge in [0.05, 0.1) is 17.6 Å². The number of likely N-dealkylation sites (tertiary alicyclic amines) is 1. The van der Waals surface area contributed by atoms with Gasteiger partial charge in [-0.3, -0.25) is 9.69 Å².